The first-order valence-electron chi connectivity index (χ1n) is 15.9. The summed E-state index contributed by atoms with van der Waals surface area (Å²) in [6.07, 6.45) is 12.2. The molecule has 44 heavy (non-hydrogen) atoms. The maximum atomic E-state index is 13.0. The third kappa shape index (κ3) is 7.69. The molecule has 0 spiro atoms. The minimum Gasteiger partial charge on any atom is -0.348 e. The van der Waals surface area contributed by atoms with Gasteiger partial charge in [-0.3, -0.25) is 9.78 Å². The Bertz CT molecular complexity index is 1430. The highest BCUT2D eigenvalue weighted by Crippen LogP contribution is 2.57. The Hall–Kier alpha value is -3.68. The molecule has 3 unspecified atom stereocenters. The summed E-state index contributed by atoms with van der Waals surface area (Å²) in [4.78, 5) is 21.0. The number of alkyl halides is 3. The Morgan fingerprint density at radius 1 is 1.05 bits per heavy atom. The van der Waals surface area contributed by atoms with E-state index in [0.29, 0.717) is 29.3 Å². The Labute approximate surface area is 258 Å². The van der Waals surface area contributed by atoms with Gasteiger partial charge in [-0.1, -0.05) is 44.7 Å². The van der Waals surface area contributed by atoms with Crippen LogP contribution in [0, 0.1) is 17.3 Å². The van der Waals surface area contributed by atoms with Gasteiger partial charge in [0.2, 0.25) is 0 Å². The number of nitrogens with zero attached hydrogens (tertiary/aromatic N) is 2. The maximum Gasteiger partial charge on any atom is 0.417 e. The third-order valence-corrected chi connectivity index (χ3v) is 9.91. The van der Waals surface area contributed by atoms with Gasteiger partial charge in [-0.2, -0.15) is 13.2 Å². The number of carbonyl (C=O) groups is 1. The Balaban J connectivity index is 1.37. The largest absolute Gasteiger partial charge is 0.417 e. The lowest BCUT2D eigenvalue weighted by molar-refractivity contribution is -0.137. The minimum atomic E-state index is -4.43. The SMILES string of the molecule is CCCC(CCC(CNC(=O)c1cccnc1)=C(C)c1cccc(Nc2ccc(C(F)(F)F)cn2)c1)C12CCCC(CC1)C2. The summed E-state index contributed by atoms with van der Waals surface area (Å²) < 4.78 is 38.9. The van der Waals surface area contributed by atoms with Crippen molar-refractivity contribution in [3.8, 4) is 0 Å². The van der Waals surface area contributed by atoms with Crippen molar-refractivity contribution < 1.29 is 18.0 Å². The van der Waals surface area contributed by atoms with Crippen LogP contribution < -0.4 is 10.6 Å². The number of fused-ring (bicyclic) bond motifs is 2. The summed E-state index contributed by atoms with van der Waals surface area (Å²) in [5.74, 6) is 1.76. The number of pyridine rings is 2. The normalized spacial score (nSPS) is 21.0. The summed E-state index contributed by atoms with van der Waals surface area (Å²) in [7, 11) is 0. The highest BCUT2D eigenvalue weighted by Gasteiger charge is 2.46. The second kappa shape index (κ2) is 14.0. The molecule has 2 aliphatic carbocycles. The number of aromatic nitrogens is 2. The van der Waals surface area contributed by atoms with E-state index in [-0.39, 0.29) is 5.91 Å². The zero-order valence-electron chi connectivity index (χ0n) is 25.7. The van der Waals surface area contributed by atoms with Crippen LogP contribution in [0.1, 0.15) is 99.5 Å². The first-order chi connectivity index (χ1) is 21.2. The number of amides is 1. The molecule has 0 aliphatic heterocycles. The van der Waals surface area contributed by atoms with E-state index in [1.165, 1.54) is 63.0 Å². The Kier molecular flexibility index (Phi) is 10.1. The van der Waals surface area contributed by atoms with Gasteiger partial charge in [0.05, 0.1) is 11.1 Å². The summed E-state index contributed by atoms with van der Waals surface area (Å²) in [6, 6.07) is 13.7. The summed E-state index contributed by atoms with van der Waals surface area (Å²) in [5.41, 5.74) is 4.23. The zero-order valence-corrected chi connectivity index (χ0v) is 25.7. The van der Waals surface area contributed by atoms with Gasteiger partial charge in [0, 0.05) is 30.8 Å². The number of hydrogen-bond donors (Lipinski definition) is 2. The van der Waals surface area contributed by atoms with Crippen LogP contribution in [-0.2, 0) is 6.18 Å². The number of benzene rings is 1. The van der Waals surface area contributed by atoms with E-state index < -0.39 is 11.7 Å². The smallest absolute Gasteiger partial charge is 0.348 e. The molecule has 2 saturated carbocycles. The fourth-order valence-corrected chi connectivity index (χ4v) is 7.53. The molecule has 3 aromatic rings. The molecule has 2 N–H and O–H groups in total. The van der Waals surface area contributed by atoms with Crippen LogP contribution in [0.2, 0.25) is 0 Å². The standard InChI is InChI=1S/C36H43F3N4O/c1-3-7-30(35-17-5-8-26(21-35)16-18-35)13-12-28(23-42-34(44)29-10-6-19-40-22-29)25(2)27-9-4-11-32(20-27)43-33-15-14-31(24-41-33)36(37,38)39/h4,6,9-11,14-15,19-20,22,24,26,30H,3,5,7-8,12-13,16-18,21,23H2,1-2H3,(H,41,43)(H,42,44). The molecule has 8 heteroatoms. The third-order valence-electron chi connectivity index (χ3n) is 9.91. The Morgan fingerprint density at radius 2 is 1.89 bits per heavy atom. The van der Waals surface area contributed by atoms with E-state index in [2.05, 4.69) is 34.4 Å². The summed E-state index contributed by atoms with van der Waals surface area (Å²) in [5, 5.41) is 6.27. The van der Waals surface area contributed by atoms with Crippen LogP contribution in [0.5, 0.6) is 0 Å². The lowest BCUT2D eigenvalue weighted by Gasteiger charge is -2.41. The van der Waals surface area contributed by atoms with Gasteiger partial charge < -0.3 is 10.6 Å². The molecule has 2 aromatic heterocycles. The average Bonchev–Trinajstić information content (AvgIpc) is 3.33. The molecule has 2 heterocycles. The first-order valence-corrected chi connectivity index (χ1v) is 15.9. The molecule has 2 bridgehead atoms. The molecule has 5 nitrogen and oxygen atoms in total. The number of nitrogens with one attached hydrogen (secondary N) is 2. The number of halogens is 3. The number of rotatable bonds is 12. The highest BCUT2D eigenvalue weighted by atomic mass is 19.4. The van der Waals surface area contributed by atoms with Crippen molar-refractivity contribution in [2.24, 2.45) is 17.3 Å². The van der Waals surface area contributed by atoms with Crippen molar-refractivity contribution in [2.75, 3.05) is 11.9 Å². The van der Waals surface area contributed by atoms with Crippen molar-refractivity contribution in [1.29, 1.82) is 0 Å². The topological polar surface area (TPSA) is 66.9 Å². The monoisotopic (exact) mass is 604 g/mol. The van der Waals surface area contributed by atoms with Gasteiger partial charge in [-0.25, -0.2) is 4.98 Å². The van der Waals surface area contributed by atoms with Crippen LogP contribution in [0.25, 0.3) is 5.57 Å². The molecule has 0 radical (unpaired) electrons. The number of hydrogen-bond acceptors (Lipinski definition) is 4. The van der Waals surface area contributed by atoms with Crippen molar-refractivity contribution in [2.45, 2.75) is 84.2 Å². The van der Waals surface area contributed by atoms with Gasteiger partial charge in [-0.15, -0.1) is 0 Å². The highest BCUT2D eigenvalue weighted by molar-refractivity contribution is 5.94. The Morgan fingerprint density at radius 3 is 2.61 bits per heavy atom. The van der Waals surface area contributed by atoms with Gasteiger partial charge in [0.1, 0.15) is 5.82 Å². The molecule has 3 atom stereocenters. The fourth-order valence-electron chi connectivity index (χ4n) is 7.53. The van der Waals surface area contributed by atoms with E-state index in [0.717, 1.165) is 47.8 Å². The van der Waals surface area contributed by atoms with Crippen molar-refractivity contribution >= 4 is 23.0 Å². The predicted octanol–water partition coefficient (Wildman–Crippen LogP) is 9.61. The van der Waals surface area contributed by atoms with E-state index in [1.54, 1.807) is 24.5 Å². The molecule has 5 rings (SSSR count). The number of allylic oxidation sites excluding steroid dienone is 1. The average molecular weight is 605 g/mol. The van der Waals surface area contributed by atoms with E-state index in [4.69, 9.17) is 0 Å². The van der Waals surface area contributed by atoms with E-state index >= 15 is 0 Å². The van der Waals surface area contributed by atoms with Gasteiger partial charge in [0.15, 0.2) is 0 Å². The van der Waals surface area contributed by atoms with Gasteiger partial charge >= 0.3 is 6.18 Å². The van der Waals surface area contributed by atoms with Crippen molar-refractivity contribution in [1.82, 2.24) is 15.3 Å². The van der Waals surface area contributed by atoms with Crippen LogP contribution in [-0.4, -0.2) is 22.4 Å². The van der Waals surface area contributed by atoms with Crippen molar-refractivity contribution in [3.63, 3.8) is 0 Å². The second-order valence-corrected chi connectivity index (χ2v) is 12.7. The first kappa shape index (κ1) is 31.7. The second-order valence-electron chi connectivity index (χ2n) is 12.7. The maximum absolute atomic E-state index is 13.0. The summed E-state index contributed by atoms with van der Waals surface area (Å²) in [6.45, 7) is 4.82. The quantitative estimate of drug-likeness (QED) is 0.216. The predicted molar refractivity (Wildman–Crippen MR) is 169 cm³/mol. The fraction of sp³-hybridized carbons (Fsp3) is 0.472. The molecule has 1 aromatic carbocycles. The molecule has 1 amide bonds. The van der Waals surface area contributed by atoms with Crippen molar-refractivity contribution in [3.05, 3.63) is 89.4 Å². The molecular weight excluding hydrogens is 561 g/mol. The van der Waals surface area contributed by atoms with E-state index in [9.17, 15) is 18.0 Å². The molecule has 2 aliphatic rings. The molecule has 0 saturated heterocycles. The summed E-state index contributed by atoms with van der Waals surface area (Å²) >= 11 is 0. The number of anilines is 2. The van der Waals surface area contributed by atoms with E-state index in [1.807, 2.05) is 24.3 Å². The van der Waals surface area contributed by atoms with Gasteiger partial charge in [0.25, 0.3) is 5.91 Å². The van der Waals surface area contributed by atoms with Gasteiger partial charge in [-0.05, 0) is 116 Å². The van der Waals surface area contributed by atoms with Crippen LogP contribution in [0.15, 0.2) is 72.7 Å². The van der Waals surface area contributed by atoms with Crippen LogP contribution in [0.4, 0.5) is 24.7 Å². The molecule has 234 valence electrons. The van der Waals surface area contributed by atoms with Crippen LogP contribution >= 0.6 is 0 Å². The molecular formula is C36H43F3N4O. The lowest BCUT2D eigenvalue weighted by atomic mass is 9.64. The molecule has 2 fully saturated rings. The zero-order chi connectivity index (χ0) is 31.2. The number of carbonyl (C=O) groups excluding carboxylic acids is 1. The lowest BCUT2D eigenvalue weighted by Crippen LogP contribution is -2.31. The van der Waals surface area contributed by atoms with Crippen LogP contribution in [0.3, 0.4) is 0 Å². The minimum absolute atomic E-state index is 0.151.